The van der Waals surface area contributed by atoms with Crippen molar-refractivity contribution in [3.8, 4) is 0 Å². The summed E-state index contributed by atoms with van der Waals surface area (Å²) in [6.45, 7) is 5.63. The number of aromatic nitrogens is 3. The van der Waals surface area contributed by atoms with Crippen LogP contribution in [0.2, 0.25) is 0 Å². The molecule has 39 heavy (non-hydrogen) atoms. The summed E-state index contributed by atoms with van der Waals surface area (Å²) in [7, 11) is 1.50. The predicted octanol–water partition coefficient (Wildman–Crippen LogP) is 4.30. The number of halogens is 4. The van der Waals surface area contributed by atoms with E-state index in [2.05, 4.69) is 20.7 Å². The Morgan fingerprint density at radius 3 is 2.46 bits per heavy atom. The minimum Gasteiger partial charge on any atom is -0.354 e. The molecule has 2 atom stereocenters. The Bertz CT molecular complexity index is 1180. The molecule has 13 heteroatoms. The molecule has 2 aliphatic carbocycles. The summed E-state index contributed by atoms with van der Waals surface area (Å²) in [5, 5.41) is 15.9. The third-order valence-corrected chi connectivity index (χ3v) is 7.25. The summed E-state index contributed by atoms with van der Waals surface area (Å²) in [4.78, 5) is 28.3. The molecule has 2 unspecified atom stereocenters. The molecule has 216 valence electrons. The lowest BCUT2D eigenvalue weighted by Crippen LogP contribution is -2.40. The van der Waals surface area contributed by atoms with Gasteiger partial charge in [-0.3, -0.25) is 10.2 Å². The highest BCUT2D eigenvalue weighted by Crippen LogP contribution is 2.55. The van der Waals surface area contributed by atoms with Crippen LogP contribution in [0, 0.1) is 23.2 Å². The van der Waals surface area contributed by atoms with Crippen molar-refractivity contribution in [1.29, 1.82) is 5.41 Å². The number of hydrogen-bond donors (Lipinski definition) is 3. The minimum absolute atomic E-state index is 0.000994. The number of carbonyl (C=O) groups excluding carboxylic acids is 2. The van der Waals surface area contributed by atoms with Crippen molar-refractivity contribution in [2.75, 3.05) is 20.1 Å². The van der Waals surface area contributed by atoms with Gasteiger partial charge in [0, 0.05) is 39.5 Å². The Labute approximate surface area is 225 Å². The Morgan fingerprint density at radius 1 is 1.21 bits per heavy atom. The fourth-order valence-electron chi connectivity index (χ4n) is 4.91. The number of fused-ring (bicyclic) bond motifs is 2. The molecular formula is C26H37F4N7O2. The van der Waals surface area contributed by atoms with E-state index >= 15 is 0 Å². The molecular weight excluding hydrogens is 518 g/mol. The van der Waals surface area contributed by atoms with Crippen LogP contribution in [0.1, 0.15) is 57.7 Å². The van der Waals surface area contributed by atoms with E-state index in [1.807, 2.05) is 13.8 Å². The Kier molecular flexibility index (Phi) is 9.55. The van der Waals surface area contributed by atoms with Crippen molar-refractivity contribution in [3.63, 3.8) is 0 Å². The number of amides is 3. The van der Waals surface area contributed by atoms with Gasteiger partial charge in [0.2, 0.25) is 5.92 Å². The molecule has 1 aliphatic heterocycles. The van der Waals surface area contributed by atoms with Gasteiger partial charge < -0.3 is 15.5 Å². The largest absolute Gasteiger partial charge is 0.354 e. The summed E-state index contributed by atoms with van der Waals surface area (Å²) in [5.41, 5.74) is 2.13. The van der Waals surface area contributed by atoms with Crippen LogP contribution in [0.15, 0.2) is 18.5 Å². The first-order valence-electron chi connectivity index (χ1n) is 13.3. The third kappa shape index (κ3) is 7.45. The van der Waals surface area contributed by atoms with Gasteiger partial charge in [-0.25, -0.2) is 31.9 Å². The Balaban J connectivity index is 0.000000409. The van der Waals surface area contributed by atoms with Gasteiger partial charge in [-0.1, -0.05) is 13.8 Å². The summed E-state index contributed by atoms with van der Waals surface area (Å²) in [6.07, 6.45) is 4.83. The van der Waals surface area contributed by atoms with E-state index in [0.717, 1.165) is 5.69 Å². The molecule has 2 aromatic rings. The predicted molar refractivity (Wildman–Crippen MR) is 138 cm³/mol. The van der Waals surface area contributed by atoms with E-state index < -0.39 is 23.7 Å². The zero-order valence-corrected chi connectivity index (χ0v) is 22.7. The number of nitrogens with one attached hydrogen (secondary N) is 3. The van der Waals surface area contributed by atoms with Crippen LogP contribution in [-0.2, 0) is 17.8 Å². The molecule has 3 fully saturated rings. The molecule has 2 saturated carbocycles. The quantitative estimate of drug-likeness (QED) is 0.377. The summed E-state index contributed by atoms with van der Waals surface area (Å²) in [6, 6.07) is 1.43. The highest BCUT2D eigenvalue weighted by Gasteiger charge is 2.69. The highest BCUT2D eigenvalue weighted by molar-refractivity contribution is 6.36. The molecule has 0 radical (unpaired) electrons. The number of imidazole rings is 1. The first-order chi connectivity index (χ1) is 18.4. The smallest absolute Gasteiger partial charge is 0.317 e. The second-order valence-corrected chi connectivity index (χ2v) is 10.1. The number of carbonyl (C=O) groups is 2. The average Bonchev–Trinajstić information content (AvgIpc) is 3.25. The van der Waals surface area contributed by atoms with Crippen LogP contribution in [0.25, 0.3) is 5.65 Å². The maximum atomic E-state index is 13.7. The maximum Gasteiger partial charge on any atom is 0.317 e. The van der Waals surface area contributed by atoms with Gasteiger partial charge >= 0.3 is 6.03 Å². The van der Waals surface area contributed by atoms with Gasteiger partial charge in [0.1, 0.15) is 0 Å². The lowest BCUT2D eigenvalue weighted by molar-refractivity contribution is -0.114. The normalized spacial score (nSPS) is 23.2. The van der Waals surface area contributed by atoms with Gasteiger partial charge in [0.05, 0.1) is 35.6 Å². The van der Waals surface area contributed by atoms with Crippen LogP contribution in [0.3, 0.4) is 0 Å². The lowest BCUT2D eigenvalue weighted by Gasteiger charge is -2.27. The topological polar surface area (TPSA) is 115 Å². The number of hydrogen-bond acceptors (Lipinski definition) is 5. The zero-order valence-electron chi connectivity index (χ0n) is 22.7. The van der Waals surface area contributed by atoms with Gasteiger partial charge in [-0.05, 0) is 43.7 Å². The second kappa shape index (κ2) is 12.3. The van der Waals surface area contributed by atoms with Crippen molar-refractivity contribution < 1.29 is 27.2 Å². The molecule has 5 rings (SSSR count). The van der Waals surface area contributed by atoms with E-state index in [9.17, 15) is 27.2 Å². The lowest BCUT2D eigenvalue weighted by atomic mass is 9.84. The van der Waals surface area contributed by atoms with E-state index in [-0.39, 0.29) is 56.0 Å². The number of alkyl halides is 4. The van der Waals surface area contributed by atoms with Gasteiger partial charge in [-0.2, -0.15) is 5.10 Å². The van der Waals surface area contributed by atoms with Crippen LogP contribution in [0.4, 0.5) is 22.4 Å². The van der Waals surface area contributed by atoms with Crippen molar-refractivity contribution in [2.45, 2.75) is 71.3 Å². The second-order valence-electron chi connectivity index (χ2n) is 10.1. The molecule has 0 spiro atoms. The van der Waals surface area contributed by atoms with E-state index in [0.29, 0.717) is 30.5 Å². The summed E-state index contributed by atoms with van der Waals surface area (Å²) < 4.78 is 55.7. The van der Waals surface area contributed by atoms with Crippen molar-refractivity contribution in [3.05, 3.63) is 29.7 Å². The molecule has 9 nitrogen and oxygen atoms in total. The van der Waals surface area contributed by atoms with Gasteiger partial charge in [0.25, 0.3) is 11.8 Å². The summed E-state index contributed by atoms with van der Waals surface area (Å²) in [5.74, 6) is -6.97. The standard InChI is InChI=1S/C20H23F4N5O.C4H8N2O.C2H6/c21-19(22)3-1-12(2-4-19)5-14-10-29-17(27-14)6-13(7-26-29)9-28-11-16-15(20(16,23)24)8-25-18(28)30;1-3(5)4(7)6-2;1-2/h6-7,10,12,15-16H,1-5,8-9,11H2,(H,25,30);5H,1-2H3,(H,6,7);1-2H3. The number of urea groups is 1. The molecule has 2 aromatic heterocycles. The first kappa shape index (κ1) is 30.3. The fourth-order valence-corrected chi connectivity index (χ4v) is 4.91. The minimum atomic E-state index is -2.71. The molecule has 1 saturated heterocycles. The molecule has 3 N–H and O–H groups in total. The van der Waals surface area contributed by atoms with E-state index in [4.69, 9.17) is 5.41 Å². The Morgan fingerprint density at radius 2 is 1.87 bits per heavy atom. The molecule has 0 aromatic carbocycles. The van der Waals surface area contributed by atoms with Crippen molar-refractivity contribution >= 4 is 23.3 Å². The van der Waals surface area contributed by atoms with Gasteiger partial charge in [0.15, 0.2) is 5.65 Å². The molecule has 3 amide bonds. The van der Waals surface area contributed by atoms with Crippen LogP contribution < -0.4 is 10.6 Å². The van der Waals surface area contributed by atoms with Crippen LogP contribution in [-0.4, -0.2) is 69.1 Å². The first-order valence-corrected chi connectivity index (χ1v) is 13.3. The third-order valence-electron chi connectivity index (χ3n) is 7.25. The molecule has 0 bridgehead atoms. The van der Waals surface area contributed by atoms with Gasteiger partial charge in [-0.15, -0.1) is 0 Å². The fraction of sp³-hybridized carbons (Fsp3) is 0.654. The highest BCUT2D eigenvalue weighted by atomic mass is 19.3. The van der Waals surface area contributed by atoms with E-state index in [1.54, 1.807) is 23.0 Å². The Hall–Kier alpha value is -3.25. The summed E-state index contributed by atoms with van der Waals surface area (Å²) >= 11 is 0. The number of nitrogens with zero attached hydrogens (tertiary/aromatic N) is 4. The number of rotatable bonds is 5. The van der Waals surface area contributed by atoms with Crippen molar-refractivity contribution in [2.24, 2.45) is 17.8 Å². The van der Waals surface area contributed by atoms with Crippen molar-refractivity contribution in [1.82, 2.24) is 30.1 Å². The SMILES string of the molecule is CC.CNC(=O)C(C)=N.O=C1NCC2C(CN1Cc1cnn3cc(CC4CCC(F)(F)CC4)nc3c1)C2(F)F. The molecule has 3 heterocycles. The van der Waals surface area contributed by atoms with Crippen LogP contribution in [0.5, 0.6) is 0 Å². The average molecular weight is 556 g/mol. The monoisotopic (exact) mass is 555 g/mol. The van der Waals surface area contributed by atoms with Crippen LogP contribution >= 0.6 is 0 Å². The maximum absolute atomic E-state index is 13.7. The van der Waals surface area contributed by atoms with E-state index in [1.165, 1.54) is 18.9 Å². The zero-order chi connectivity index (χ0) is 29.0. The molecule has 3 aliphatic rings.